The number of benzene rings is 3. The van der Waals surface area contributed by atoms with Gasteiger partial charge in [-0.3, -0.25) is 14.9 Å². The molecule has 3 aromatic carbocycles. The molecule has 3 aromatic rings. The van der Waals surface area contributed by atoms with Crippen LogP contribution in [-0.4, -0.2) is 43.7 Å². The van der Waals surface area contributed by atoms with Gasteiger partial charge in [-0.05, 0) is 48.9 Å². The number of hydrogen-bond donors (Lipinski definition) is 2. The van der Waals surface area contributed by atoms with Gasteiger partial charge in [-0.2, -0.15) is 5.10 Å². The van der Waals surface area contributed by atoms with E-state index >= 15 is 0 Å². The predicted octanol–water partition coefficient (Wildman–Crippen LogP) is 3.04. The fourth-order valence-electron chi connectivity index (χ4n) is 3.08. The number of amides is 1. The summed E-state index contributed by atoms with van der Waals surface area (Å²) in [5.41, 5.74) is 1.98. The number of anilines is 1. The van der Waals surface area contributed by atoms with Crippen molar-refractivity contribution in [2.24, 2.45) is 5.10 Å². The zero-order valence-electron chi connectivity index (χ0n) is 18.6. The van der Waals surface area contributed by atoms with Crippen LogP contribution in [0.2, 0.25) is 0 Å². The van der Waals surface area contributed by atoms with Crippen LogP contribution in [0.5, 0.6) is 11.5 Å². The molecular formula is C23H22N4O7S. The zero-order chi connectivity index (χ0) is 25.4. The van der Waals surface area contributed by atoms with Gasteiger partial charge in [-0.1, -0.05) is 30.3 Å². The van der Waals surface area contributed by atoms with Crippen molar-refractivity contribution in [1.29, 1.82) is 0 Å². The molecule has 2 N–H and O–H groups in total. The van der Waals surface area contributed by atoms with Crippen LogP contribution in [0.15, 0.2) is 82.8 Å². The molecule has 0 saturated carbocycles. The number of nitrogens with one attached hydrogen (secondary N) is 1. The van der Waals surface area contributed by atoms with Gasteiger partial charge < -0.3 is 9.84 Å². The molecule has 182 valence electrons. The highest BCUT2D eigenvalue weighted by atomic mass is 32.2. The molecule has 12 heteroatoms. The third-order valence-electron chi connectivity index (χ3n) is 4.65. The molecule has 0 fully saturated rings. The van der Waals surface area contributed by atoms with Crippen LogP contribution in [-0.2, 0) is 14.8 Å². The van der Waals surface area contributed by atoms with E-state index in [-0.39, 0.29) is 22.1 Å². The SMILES string of the molecule is CCOc1cc(/C=N\NC(=O)CN(c2ccccc2[N+](=O)[O-])S(=O)(=O)c2ccccc2)ccc1O. The Balaban J connectivity index is 1.87. The number of rotatable bonds is 10. The third kappa shape index (κ3) is 6.12. The molecule has 0 atom stereocenters. The first-order valence-electron chi connectivity index (χ1n) is 10.3. The molecular weight excluding hydrogens is 476 g/mol. The molecule has 0 aliphatic rings. The van der Waals surface area contributed by atoms with Gasteiger partial charge in [0, 0.05) is 6.07 Å². The Labute approximate surface area is 201 Å². The molecule has 0 bridgehead atoms. The van der Waals surface area contributed by atoms with Gasteiger partial charge in [-0.15, -0.1) is 0 Å². The van der Waals surface area contributed by atoms with Crippen LogP contribution in [0.25, 0.3) is 0 Å². The monoisotopic (exact) mass is 498 g/mol. The second-order valence-electron chi connectivity index (χ2n) is 7.02. The first kappa shape index (κ1) is 25.2. The Bertz CT molecular complexity index is 1340. The van der Waals surface area contributed by atoms with Gasteiger partial charge in [0.25, 0.3) is 21.6 Å². The normalized spacial score (nSPS) is 11.2. The summed E-state index contributed by atoms with van der Waals surface area (Å²) in [5.74, 6) is -0.652. The number of phenols is 1. The Morgan fingerprint density at radius 1 is 1.14 bits per heavy atom. The maximum atomic E-state index is 13.3. The number of nitrogens with zero attached hydrogens (tertiary/aromatic N) is 3. The summed E-state index contributed by atoms with van der Waals surface area (Å²) in [4.78, 5) is 23.3. The van der Waals surface area contributed by atoms with Crippen molar-refractivity contribution in [3.8, 4) is 11.5 Å². The topological polar surface area (TPSA) is 151 Å². The van der Waals surface area contributed by atoms with Gasteiger partial charge in [0.2, 0.25) is 0 Å². The lowest BCUT2D eigenvalue weighted by Gasteiger charge is -2.23. The number of hydrazone groups is 1. The van der Waals surface area contributed by atoms with E-state index in [1.54, 1.807) is 13.0 Å². The maximum absolute atomic E-state index is 13.3. The van der Waals surface area contributed by atoms with Crippen molar-refractivity contribution >= 4 is 33.5 Å². The van der Waals surface area contributed by atoms with Crippen molar-refractivity contribution in [3.05, 3.63) is 88.5 Å². The number of aromatic hydroxyl groups is 1. The molecule has 0 unspecified atom stereocenters. The molecule has 11 nitrogen and oxygen atoms in total. The van der Waals surface area contributed by atoms with Crippen molar-refractivity contribution in [3.63, 3.8) is 0 Å². The zero-order valence-corrected chi connectivity index (χ0v) is 19.4. The number of carbonyl (C=O) groups is 1. The van der Waals surface area contributed by atoms with Crippen molar-refractivity contribution in [1.82, 2.24) is 5.43 Å². The summed E-state index contributed by atoms with van der Waals surface area (Å²) in [6.07, 6.45) is 1.28. The van der Waals surface area contributed by atoms with Crippen LogP contribution in [0.4, 0.5) is 11.4 Å². The standard InChI is InChI=1S/C23H22N4O7S/c1-2-34-22-14-17(12-13-21(22)28)15-24-25-23(29)16-26(19-10-6-7-11-20(19)27(30)31)35(32,33)18-8-4-3-5-9-18/h3-15,28H,2,16H2,1H3,(H,25,29)/b24-15-. The first-order valence-corrected chi connectivity index (χ1v) is 11.8. The average Bonchev–Trinajstić information content (AvgIpc) is 2.85. The second kappa shape index (κ2) is 11.1. The van der Waals surface area contributed by atoms with Crippen LogP contribution in [0.1, 0.15) is 12.5 Å². The third-order valence-corrected chi connectivity index (χ3v) is 6.43. The number of sulfonamides is 1. The second-order valence-corrected chi connectivity index (χ2v) is 8.89. The van der Waals surface area contributed by atoms with E-state index in [0.717, 1.165) is 6.07 Å². The fraction of sp³-hybridized carbons (Fsp3) is 0.130. The van der Waals surface area contributed by atoms with Crippen molar-refractivity contribution < 1.29 is 28.0 Å². The molecule has 0 saturated heterocycles. The largest absolute Gasteiger partial charge is 0.504 e. The molecule has 1 amide bonds. The minimum absolute atomic E-state index is 0.0562. The Morgan fingerprint density at radius 3 is 2.51 bits per heavy atom. The molecule has 0 spiro atoms. The molecule has 0 heterocycles. The van der Waals surface area contributed by atoms with E-state index in [9.17, 15) is 28.4 Å². The van der Waals surface area contributed by atoms with E-state index in [1.165, 1.54) is 66.9 Å². The number of para-hydroxylation sites is 2. The van der Waals surface area contributed by atoms with E-state index in [2.05, 4.69) is 10.5 Å². The highest BCUT2D eigenvalue weighted by molar-refractivity contribution is 7.92. The molecule has 0 aliphatic heterocycles. The van der Waals surface area contributed by atoms with Crippen LogP contribution >= 0.6 is 0 Å². The molecule has 0 aliphatic carbocycles. The Kier molecular flexibility index (Phi) is 8.00. The molecule has 35 heavy (non-hydrogen) atoms. The lowest BCUT2D eigenvalue weighted by Crippen LogP contribution is -2.39. The quantitative estimate of drug-likeness (QED) is 0.248. The van der Waals surface area contributed by atoms with E-state index in [1.807, 2.05) is 0 Å². The summed E-state index contributed by atoms with van der Waals surface area (Å²) >= 11 is 0. The number of nitro groups is 1. The van der Waals surface area contributed by atoms with E-state index in [0.29, 0.717) is 16.5 Å². The lowest BCUT2D eigenvalue weighted by molar-refractivity contribution is -0.384. The summed E-state index contributed by atoms with van der Waals surface area (Å²) in [5, 5.41) is 25.1. The van der Waals surface area contributed by atoms with Gasteiger partial charge in [0.1, 0.15) is 12.2 Å². The molecule has 3 rings (SSSR count). The highest BCUT2D eigenvalue weighted by Crippen LogP contribution is 2.32. The van der Waals surface area contributed by atoms with Crippen molar-refractivity contribution in [2.75, 3.05) is 17.5 Å². The maximum Gasteiger partial charge on any atom is 0.293 e. The lowest BCUT2D eigenvalue weighted by atomic mass is 10.2. The fourth-order valence-corrected chi connectivity index (χ4v) is 4.53. The number of nitro benzene ring substituents is 1. The van der Waals surface area contributed by atoms with Crippen LogP contribution in [0, 0.1) is 10.1 Å². The number of hydrogen-bond acceptors (Lipinski definition) is 8. The highest BCUT2D eigenvalue weighted by Gasteiger charge is 2.31. The molecule has 0 aromatic heterocycles. The van der Waals surface area contributed by atoms with Crippen LogP contribution < -0.4 is 14.5 Å². The molecule has 0 radical (unpaired) electrons. The minimum Gasteiger partial charge on any atom is -0.504 e. The summed E-state index contributed by atoms with van der Waals surface area (Å²) in [7, 11) is -4.33. The van der Waals surface area contributed by atoms with Gasteiger partial charge in [-0.25, -0.2) is 18.1 Å². The summed E-state index contributed by atoms with van der Waals surface area (Å²) in [6, 6.07) is 17.0. The number of phenolic OH excluding ortho intramolecular Hbond substituents is 1. The predicted molar refractivity (Wildman–Crippen MR) is 129 cm³/mol. The van der Waals surface area contributed by atoms with Crippen LogP contribution in [0.3, 0.4) is 0 Å². The Hall–Kier alpha value is -4.45. The van der Waals surface area contributed by atoms with Gasteiger partial charge >= 0.3 is 0 Å². The van der Waals surface area contributed by atoms with Gasteiger partial charge in [0.15, 0.2) is 11.5 Å². The van der Waals surface area contributed by atoms with E-state index in [4.69, 9.17) is 4.74 Å². The average molecular weight is 499 g/mol. The smallest absolute Gasteiger partial charge is 0.293 e. The summed E-state index contributed by atoms with van der Waals surface area (Å²) in [6.45, 7) is 1.33. The first-order chi connectivity index (χ1) is 16.7. The Morgan fingerprint density at radius 2 is 1.83 bits per heavy atom. The summed E-state index contributed by atoms with van der Waals surface area (Å²) < 4.78 is 32.6. The number of ether oxygens (including phenoxy) is 1. The number of carbonyl (C=O) groups excluding carboxylic acids is 1. The van der Waals surface area contributed by atoms with Gasteiger partial charge in [0.05, 0.1) is 22.6 Å². The van der Waals surface area contributed by atoms with Crippen molar-refractivity contribution in [2.45, 2.75) is 11.8 Å². The van der Waals surface area contributed by atoms with E-state index < -0.39 is 33.1 Å². The minimum atomic E-state index is -4.33.